The molecule has 0 heterocycles. The van der Waals surface area contributed by atoms with Crippen LogP contribution < -0.4 is 5.32 Å². The number of nitrogens with one attached hydrogen (secondary N) is 1. The average Bonchev–Trinajstić information content (AvgIpc) is 2.73. The van der Waals surface area contributed by atoms with E-state index in [4.69, 9.17) is 0 Å². The van der Waals surface area contributed by atoms with Crippen molar-refractivity contribution >= 4 is 16.5 Å². The Hall–Kier alpha value is -2.28. The first-order chi connectivity index (χ1) is 11.9. The smallest absolute Gasteiger partial charge is 0.0337 e. The summed E-state index contributed by atoms with van der Waals surface area (Å²) in [5.41, 5.74) is 1.16. The molecule has 0 unspecified atom stereocenters. The summed E-state index contributed by atoms with van der Waals surface area (Å²) in [4.78, 5) is 0. The largest absolute Gasteiger partial charge is 0.388 e. The van der Waals surface area contributed by atoms with Crippen LogP contribution >= 0.6 is 0 Å². The van der Waals surface area contributed by atoms with Gasteiger partial charge in [0.05, 0.1) is 0 Å². The summed E-state index contributed by atoms with van der Waals surface area (Å²) >= 11 is 0. The zero-order valence-corrected chi connectivity index (χ0v) is 16.5. The Bertz CT molecular complexity index is 522. The standard InChI is InChI=1S/C10H8.C7H9N.3C2H6/c1-2-6-10-8-4-3-7-9(10)5-1;1-8-7-5-3-2-4-6-7;3*1-2/h1-8H;2-6,8H,1H3;3*1-2H3. The molecule has 0 amide bonds. The molecule has 0 aliphatic rings. The van der Waals surface area contributed by atoms with Gasteiger partial charge in [0.15, 0.2) is 0 Å². The highest BCUT2D eigenvalue weighted by molar-refractivity contribution is 5.81. The van der Waals surface area contributed by atoms with Crippen molar-refractivity contribution in [1.29, 1.82) is 0 Å². The van der Waals surface area contributed by atoms with Crippen molar-refractivity contribution in [2.45, 2.75) is 41.5 Å². The van der Waals surface area contributed by atoms with Crippen molar-refractivity contribution in [3.8, 4) is 0 Å². The van der Waals surface area contributed by atoms with Gasteiger partial charge < -0.3 is 5.32 Å². The summed E-state index contributed by atoms with van der Waals surface area (Å²) in [6.07, 6.45) is 0. The minimum absolute atomic E-state index is 1.16. The second-order valence-electron chi connectivity index (χ2n) is 3.96. The number of rotatable bonds is 1. The van der Waals surface area contributed by atoms with E-state index >= 15 is 0 Å². The van der Waals surface area contributed by atoms with Crippen LogP contribution in [0.3, 0.4) is 0 Å². The van der Waals surface area contributed by atoms with E-state index in [9.17, 15) is 0 Å². The Morgan fingerprint density at radius 2 is 0.750 bits per heavy atom. The molecule has 0 atom stereocenters. The maximum atomic E-state index is 3.03. The summed E-state index contributed by atoms with van der Waals surface area (Å²) in [7, 11) is 1.91. The van der Waals surface area contributed by atoms with Crippen LogP contribution in [0, 0.1) is 0 Å². The minimum Gasteiger partial charge on any atom is -0.388 e. The Labute approximate surface area is 149 Å². The number of hydrogen-bond donors (Lipinski definition) is 1. The monoisotopic (exact) mass is 325 g/mol. The van der Waals surface area contributed by atoms with Crippen LogP contribution in [0.25, 0.3) is 10.8 Å². The van der Waals surface area contributed by atoms with Gasteiger partial charge in [-0.05, 0) is 22.9 Å². The van der Waals surface area contributed by atoms with Crippen LogP contribution in [-0.4, -0.2) is 7.05 Å². The molecule has 0 fully saturated rings. The zero-order valence-electron chi connectivity index (χ0n) is 16.5. The van der Waals surface area contributed by atoms with Crippen molar-refractivity contribution in [3.05, 3.63) is 78.9 Å². The lowest BCUT2D eigenvalue weighted by Crippen LogP contribution is -1.84. The Morgan fingerprint density at radius 1 is 0.458 bits per heavy atom. The van der Waals surface area contributed by atoms with Gasteiger partial charge in [-0.15, -0.1) is 0 Å². The summed E-state index contributed by atoms with van der Waals surface area (Å²) in [6.45, 7) is 12.0. The average molecular weight is 326 g/mol. The molecule has 3 aromatic rings. The summed E-state index contributed by atoms with van der Waals surface area (Å²) in [5, 5.41) is 5.65. The molecular weight excluding hydrogens is 290 g/mol. The molecule has 0 aliphatic heterocycles. The molecule has 1 heteroatoms. The quantitative estimate of drug-likeness (QED) is 0.484. The number of hydrogen-bond acceptors (Lipinski definition) is 1. The molecule has 0 bridgehead atoms. The summed E-state index contributed by atoms with van der Waals surface area (Å²) < 4.78 is 0. The molecule has 0 aliphatic carbocycles. The van der Waals surface area contributed by atoms with E-state index in [0.717, 1.165) is 5.69 Å². The van der Waals surface area contributed by atoms with E-state index in [2.05, 4.69) is 53.8 Å². The minimum atomic E-state index is 1.16. The number of para-hydroxylation sites is 1. The van der Waals surface area contributed by atoms with Crippen molar-refractivity contribution in [1.82, 2.24) is 0 Å². The molecule has 0 spiro atoms. The molecule has 132 valence electrons. The molecule has 24 heavy (non-hydrogen) atoms. The molecule has 3 aromatic carbocycles. The lowest BCUT2D eigenvalue weighted by molar-refractivity contribution is 1.50. The predicted octanol–water partition coefficient (Wildman–Crippen LogP) is 7.65. The highest BCUT2D eigenvalue weighted by Crippen LogP contribution is 2.11. The fourth-order valence-corrected chi connectivity index (χ4v) is 1.74. The summed E-state index contributed by atoms with van der Waals surface area (Å²) in [6, 6.07) is 26.8. The highest BCUT2D eigenvalue weighted by Gasteiger charge is 1.85. The van der Waals surface area contributed by atoms with Gasteiger partial charge in [0.1, 0.15) is 0 Å². The van der Waals surface area contributed by atoms with Crippen LogP contribution in [0.5, 0.6) is 0 Å². The molecule has 0 radical (unpaired) electrons. The van der Waals surface area contributed by atoms with Crippen LogP contribution in [-0.2, 0) is 0 Å². The van der Waals surface area contributed by atoms with Crippen LogP contribution in [0.4, 0.5) is 5.69 Å². The van der Waals surface area contributed by atoms with Gasteiger partial charge in [-0.3, -0.25) is 0 Å². The fraction of sp³-hybridized carbons (Fsp3) is 0.304. The van der Waals surface area contributed by atoms with E-state index in [1.165, 1.54) is 10.8 Å². The molecule has 0 aromatic heterocycles. The van der Waals surface area contributed by atoms with Gasteiger partial charge >= 0.3 is 0 Å². The third-order valence-corrected chi connectivity index (χ3v) is 2.72. The number of anilines is 1. The lowest BCUT2D eigenvalue weighted by atomic mass is 10.1. The topological polar surface area (TPSA) is 12.0 Å². The fourth-order valence-electron chi connectivity index (χ4n) is 1.74. The first-order valence-electron chi connectivity index (χ1n) is 9.07. The van der Waals surface area contributed by atoms with E-state index in [1.54, 1.807) is 0 Å². The molecule has 0 saturated carbocycles. The van der Waals surface area contributed by atoms with Crippen molar-refractivity contribution in [2.75, 3.05) is 12.4 Å². The van der Waals surface area contributed by atoms with Crippen LogP contribution in [0.2, 0.25) is 0 Å². The first kappa shape index (κ1) is 24.0. The Morgan fingerprint density at radius 3 is 1.00 bits per heavy atom. The molecule has 3 rings (SSSR count). The van der Waals surface area contributed by atoms with E-state index in [1.807, 2.05) is 78.9 Å². The van der Waals surface area contributed by atoms with E-state index in [0.29, 0.717) is 0 Å². The highest BCUT2D eigenvalue weighted by atomic mass is 14.8. The maximum absolute atomic E-state index is 3.03. The van der Waals surface area contributed by atoms with Crippen LogP contribution in [0.1, 0.15) is 41.5 Å². The second-order valence-corrected chi connectivity index (χ2v) is 3.96. The first-order valence-corrected chi connectivity index (χ1v) is 9.07. The number of fused-ring (bicyclic) bond motifs is 1. The van der Waals surface area contributed by atoms with Gasteiger partial charge in [0.2, 0.25) is 0 Å². The van der Waals surface area contributed by atoms with Gasteiger partial charge in [-0.25, -0.2) is 0 Å². The summed E-state index contributed by atoms with van der Waals surface area (Å²) in [5.74, 6) is 0. The SMILES string of the molecule is CC.CC.CC.CNc1ccccc1.c1ccc2ccccc2c1. The normalized spacial score (nSPS) is 7.79. The maximum Gasteiger partial charge on any atom is 0.0337 e. The Kier molecular flexibility index (Phi) is 18.8. The van der Waals surface area contributed by atoms with E-state index in [-0.39, 0.29) is 0 Å². The lowest BCUT2D eigenvalue weighted by Gasteiger charge is -1.94. The van der Waals surface area contributed by atoms with Crippen LogP contribution in [0.15, 0.2) is 78.9 Å². The predicted molar refractivity (Wildman–Crippen MR) is 114 cm³/mol. The third kappa shape index (κ3) is 10.4. The zero-order chi connectivity index (χ0) is 18.6. The van der Waals surface area contributed by atoms with Crippen molar-refractivity contribution in [3.63, 3.8) is 0 Å². The van der Waals surface area contributed by atoms with E-state index < -0.39 is 0 Å². The van der Waals surface area contributed by atoms with Crippen molar-refractivity contribution in [2.24, 2.45) is 0 Å². The molecule has 0 saturated heterocycles. The van der Waals surface area contributed by atoms with Gasteiger partial charge in [0, 0.05) is 12.7 Å². The van der Waals surface area contributed by atoms with Gasteiger partial charge in [0.25, 0.3) is 0 Å². The number of benzene rings is 3. The molecule has 1 N–H and O–H groups in total. The van der Waals surface area contributed by atoms with Gasteiger partial charge in [-0.1, -0.05) is 108 Å². The molecular formula is C23H35N. The Balaban J connectivity index is 0. The van der Waals surface area contributed by atoms with Gasteiger partial charge in [-0.2, -0.15) is 0 Å². The molecule has 1 nitrogen and oxygen atoms in total. The second kappa shape index (κ2) is 18.8. The van der Waals surface area contributed by atoms with Crippen molar-refractivity contribution < 1.29 is 0 Å². The third-order valence-electron chi connectivity index (χ3n) is 2.72.